The first-order valence-electron chi connectivity index (χ1n) is 7.53. The van der Waals surface area contributed by atoms with E-state index in [1.165, 1.54) is 12.5 Å². The molecule has 1 aromatic carbocycles. The van der Waals surface area contributed by atoms with Crippen molar-refractivity contribution in [3.63, 3.8) is 0 Å². The Kier molecular flexibility index (Phi) is 6.19. The summed E-state index contributed by atoms with van der Waals surface area (Å²) in [4.78, 5) is 2.33. The lowest BCUT2D eigenvalue weighted by molar-refractivity contribution is 0.142. The van der Waals surface area contributed by atoms with Crippen LogP contribution >= 0.6 is 0 Å². The molecule has 1 fully saturated rings. The van der Waals surface area contributed by atoms with Crippen molar-refractivity contribution in [2.75, 3.05) is 26.2 Å². The van der Waals surface area contributed by atoms with Crippen molar-refractivity contribution in [3.8, 4) is 11.8 Å². The van der Waals surface area contributed by atoms with E-state index in [0.29, 0.717) is 11.5 Å². The van der Waals surface area contributed by atoms with Gasteiger partial charge in [-0.1, -0.05) is 11.8 Å². The summed E-state index contributed by atoms with van der Waals surface area (Å²) in [5, 5.41) is 9.06. The molecule has 3 N–H and O–H groups in total. The minimum Gasteiger partial charge on any atom is -0.396 e. The van der Waals surface area contributed by atoms with Gasteiger partial charge in [0.25, 0.3) is 0 Å². The molecule has 1 aliphatic heterocycles. The van der Waals surface area contributed by atoms with Gasteiger partial charge in [-0.15, -0.1) is 0 Å². The summed E-state index contributed by atoms with van der Waals surface area (Å²) >= 11 is 0. The van der Waals surface area contributed by atoms with Crippen LogP contribution in [0.3, 0.4) is 0 Å². The highest BCUT2D eigenvalue weighted by molar-refractivity contribution is 5.38. The van der Waals surface area contributed by atoms with E-state index in [4.69, 9.17) is 10.8 Å². The summed E-state index contributed by atoms with van der Waals surface area (Å²) in [5.74, 6) is 5.94. The molecule has 1 saturated heterocycles. The van der Waals surface area contributed by atoms with Crippen LogP contribution in [0.15, 0.2) is 18.2 Å². The van der Waals surface area contributed by atoms with E-state index in [0.717, 1.165) is 38.0 Å². The van der Waals surface area contributed by atoms with Crippen molar-refractivity contribution in [1.29, 1.82) is 0 Å². The molecular weight excluding hydrogens is 267 g/mol. The molecule has 0 radical (unpaired) electrons. The third-order valence-corrected chi connectivity index (χ3v) is 3.84. The second-order valence-corrected chi connectivity index (χ2v) is 5.61. The third-order valence-electron chi connectivity index (χ3n) is 3.84. The van der Waals surface area contributed by atoms with E-state index >= 15 is 0 Å². The van der Waals surface area contributed by atoms with Gasteiger partial charge >= 0.3 is 0 Å². The van der Waals surface area contributed by atoms with Gasteiger partial charge in [0.2, 0.25) is 0 Å². The average Bonchev–Trinajstić information content (AvgIpc) is 2.45. The van der Waals surface area contributed by atoms with E-state index in [9.17, 15) is 4.39 Å². The molecule has 0 spiro atoms. The molecule has 2 rings (SSSR count). The van der Waals surface area contributed by atoms with Crippen molar-refractivity contribution >= 4 is 0 Å². The van der Waals surface area contributed by atoms with Crippen LogP contribution in [0, 0.1) is 23.6 Å². The minimum atomic E-state index is -0.252. The number of hydrogen-bond donors (Lipinski definition) is 2. The maximum absolute atomic E-state index is 13.7. The molecule has 0 saturated carbocycles. The highest BCUT2D eigenvalue weighted by Crippen LogP contribution is 2.21. The monoisotopic (exact) mass is 290 g/mol. The first kappa shape index (κ1) is 16.0. The quantitative estimate of drug-likeness (QED) is 0.830. The molecule has 0 amide bonds. The zero-order valence-corrected chi connectivity index (χ0v) is 12.3. The van der Waals surface area contributed by atoms with Gasteiger partial charge in [0, 0.05) is 25.3 Å². The van der Waals surface area contributed by atoms with E-state index in [-0.39, 0.29) is 19.0 Å². The first-order chi connectivity index (χ1) is 10.2. The van der Waals surface area contributed by atoms with E-state index < -0.39 is 0 Å². The standard InChI is InChI=1S/C17H23FN2O/c18-17-10-15(3-1-6-19)9-16(11-17)13-20-7-2-4-14(12-20)5-8-21/h9-11,14,21H,2,4-8,12-13,19H2. The Morgan fingerprint density at radius 3 is 3.00 bits per heavy atom. The molecule has 21 heavy (non-hydrogen) atoms. The normalized spacial score (nSPS) is 19.1. The first-order valence-corrected chi connectivity index (χ1v) is 7.53. The summed E-state index contributed by atoms with van der Waals surface area (Å²) in [6.45, 7) is 3.26. The van der Waals surface area contributed by atoms with Crippen molar-refractivity contribution in [2.45, 2.75) is 25.8 Å². The summed E-state index contributed by atoms with van der Waals surface area (Å²) in [6, 6.07) is 4.95. The summed E-state index contributed by atoms with van der Waals surface area (Å²) < 4.78 is 13.7. The van der Waals surface area contributed by atoms with Crippen LogP contribution < -0.4 is 5.73 Å². The molecule has 4 heteroatoms. The van der Waals surface area contributed by atoms with Crippen LogP contribution in [0.25, 0.3) is 0 Å². The van der Waals surface area contributed by atoms with Gasteiger partial charge in [-0.25, -0.2) is 4.39 Å². The van der Waals surface area contributed by atoms with Gasteiger partial charge in [-0.3, -0.25) is 4.90 Å². The van der Waals surface area contributed by atoms with Crippen LogP contribution in [0.4, 0.5) is 4.39 Å². The lowest BCUT2D eigenvalue weighted by atomic mass is 9.95. The number of benzene rings is 1. The molecule has 114 valence electrons. The zero-order chi connectivity index (χ0) is 15.1. The Balaban J connectivity index is 2.03. The second kappa shape index (κ2) is 8.14. The maximum Gasteiger partial charge on any atom is 0.124 e. The lowest BCUT2D eigenvalue weighted by Crippen LogP contribution is -2.35. The predicted molar refractivity (Wildman–Crippen MR) is 82.0 cm³/mol. The van der Waals surface area contributed by atoms with Crippen LogP contribution in [0.1, 0.15) is 30.4 Å². The van der Waals surface area contributed by atoms with Gasteiger partial charge in [-0.05, 0) is 55.5 Å². The maximum atomic E-state index is 13.7. The largest absolute Gasteiger partial charge is 0.396 e. The van der Waals surface area contributed by atoms with Crippen LogP contribution in [0.5, 0.6) is 0 Å². The number of aliphatic hydroxyl groups excluding tert-OH is 1. The van der Waals surface area contributed by atoms with Crippen LogP contribution in [0.2, 0.25) is 0 Å². The Labute approximate surface area is 125 Å². The van der Waals surface area contributed by atoms with Crippen LogP contribution in [-0.2, 0) is 6.54 Å². The van der Waals surface area contributed by atoms with Gasteiger partial charge in [0.05, 0.1) is 6.54 Å². The zero-order valence-electron chi connectivity index (χ0n) is 12.3. The number of aliphatic hydroxyl groups is 1. The molecule has 3 nitrogen and oxygen atoms in total. The number of hydrogen-bond acceptors (Lipinski definition) is 3. The van der Waals surface area contributed by atoms with Gasteiger partial charge < -0.3 is 10.8 Å². The number of nitrogens with zero attached hydrogens (tertiary/aromatic N) is 1. The SMILES string of the molecule is NCC#Cc1cc(F)cc(CN2CCCC(CCO)C2)c1. The Bertz CT molecular complexity index is 519. The molecule has 1 aromatic rings. The number of nitrogens with two attached hydrogens (primary N) is 1. The molecule has 1 aliphatic rings. The molecule has 0 aliphatic carbocycles. The number of likely N-dealkylation sites (tertiary alicyclic amines) is 1. The third kappa shape index (κ3) is 5.13. The van der Waals surface area contributed by atoms with E-state index in [1.807, 2.05) is 6.07 Å². The Morgan fingerprint density at radius 1 is 1.38 bits per heavy atom. The van der Waals surface area contributed by atoms with Crippen molar-refractivity contribution in [1.82, 2.24) is 4.90 Å². The number of rotatable bonds is 4. The van der Waals surface area contributed by atoms with E-state index in [1.54, 1.807) is 6.07 Å². The fraction of sp³-hybridized carbons (Fsp3) is 0.529. The molecule has 0 bridgehead atoms. The fourth-order valence-corrected chi connectivity index (χ4v) is 2.94. The smallest absolute Gasteiger partial charge is 0.124 e. The summed E-state index contributed by atoms with van der Waals surface area (Å²) in [7, 11) is 0. The van der Waals surface area contributed by atoms with Gasteiger partial charge in [0.15, 0.2) is 0 Å². The lowest BCUT2D eigenvalue weighted by Gasteiger charge is -2.32. The van der Waals surface area contributed by atoms with Crippen molar-refractivity contribution < 1.29 is 9.50 Å². The van der Waals surface area contributed by atoms with Gasteiger partial charge in [-0.2, -0.15) is 0 Å². The molecule has 1 unspecified atom stereocenters. The highest BCUT2D eigenvalue weighted by atomic mass is 19.1. The predicted octanol–water partition coefficient (Wildman–Crippen LogP) is 1.73. The van der Waals surface area contributed by atoms with Crippen LogP contribution in [-0.4, -0.2) is 36.2 Å². The number of halogens is 1. The Hall–Kier alpha value is -1.41. The number of piperidine rings is 1. The summed E-state index contributed by atoms with van der Waals surface area (Å²) in [5.41, 5.74) is 6.97. The van der Waals surface area contributed by atoms with E-state index in [2.05, 4.69) is 16.7 Å². The highest BCUT2D eigenvalue weighted by Gasteiger charge is 2.19. The fourth-order valence-electron chi connectivity index (χ4n) is 2.94. The molecule has 1 atom stereocenters. The topological polar surface area (TPSA) is 49.5 Å². The van der Waals surface area contributed by atoms with Gasteiger partial charge in [0.1, 0.15) is 5.82 Å². The van der Waals surface area contributed by atoms with Crippen molar-refractivity contribution in [3.05, 3.63) is 35.1 Å². The second-order valence-electron chi connectivity index (χ2n) is 5.61. The summed E-state index contributed by atoms with van der Waals surface area (Å²) in [6.07, 6.45) is 3.17. The molecule has 0 aromatic heterocycles. The molecule has 1 heterocycles. The average molecular weight is 290 g/mol. The van der Waals surface area contributed by atoms with Crippen molar-refractivity contribution in [2.24, 2.45) is 11.7 Å². The molecular formula is C17H23FN2O. The Morgan fingerprint density at radius 2 is 2.24 bits per heavy atom. The minimum absolute atomic E-state index is 0.247.